The van der Waals surface area contributed by atoms with Crippen LogP contribution in [0, 0.1) is 0 Å². The van der Waals surface area contributed by atoms with Crippen LogP contribution in [0.1, 0.15) is 56.0 Å². The summed E-state index contributed by atoms with van der Waals surface area (Å²) in [6, 6.07) is 10.3. The summed E-state index contributed by atoms with van der Waals surface area (Å²) in [5.74, 6) is -0.781. The van der Waals surface area contributed by atoms with Gasteiger partial charge in [-0.15, -0.1) is 0 Å². The van der Waals surface area contributed by atoms with Crippen LogP contribution in [-0.4, -0.2) is 40.1 Å². The average molecular weight is 363 g/mol. The maximum absolute atomic E-state index is 13.0. The van der Waals surface area contributed by atoms with E-state index < -0.39 is 0 Å². The molecule has 138 valence electrons. The minimum absolute atomic E-state index is 0.144. The first-order valence-electron chi connectivity index (χ1n) is 9.05. The molecular weight excluding hydrogens is 342 g/mol. The second kappa shape index (κ2) is 6.23. The van der Waals surface area contributed by atoms with Crippen molar-refractivity contribution in [2.45, 2.75) is 32.9 Å². The molecule has 2 N–H and O–H groups in total. The molecule has 0 atom stereocenters. The summed E-state index contributed by atoms with van der Waals surface area (Å²) < 4.78 is 0. The molecule has 2 aromatic rings. The van der Waals surface area contributed by atoms with Crippen molar-refractivity contribution in [1.29, 1.82) is 0 Å². The normalized spacial score (nSPS) is 16.0. The quantitative estimate of drug-likeness (QED) is 0.656. The summed E-state index contributed by atoms with van der Waals surface area (Å²) in [5.41, 5.74) is 9.89. The van der Waals surface area contributed by atoms with Crippen LogP contribution < -0.4 is 5.73 Å². The van der Waals surface area contributed by atoms with E-state index in [1.54, 1.807) is 36.9 Å². The summed E-state index contributed by atoms with van der Waals surface area (Å²) in [6.45, 7) is 4.69. The molecule has 0 fully saturated rings. The third-order valence-electron chi connectivity index (χ3n) is 5.21. The SMILES string of the molecule is CC(C)N1C(=O)c2ccc(C(=O)N3CCc4ccc(N)cc4C3)cc2C1=O. The predicted octanol–water partition coefficient (Wildman–Crippen LogP) is 2.47. The highest BCUT2D eigenvalue weighted by Gasteiger charge is 2.37. The number of hydrogen-bond acceptors (Lipinski definition) is 4. The van der Waals surface area contributed by atoms with Gasteiger partial charge in [0.15, 0.2) is 0 Å². The standard InChI is InChI=1S/C21H21N3O3/c1-12(2)24-20(26)17-6-4-14(10-18(17)21(24)27)19(25)23-8-7-13-3-5-16(22)9-15(13)11-23/h3-6,9-10,12H,7-8,11,22H2,1-2H3. The first kappa shape index (κ1) is 17.3. The fourth-order valence-electron chi connectivity index (χ4n) is 3.79. The molecule has 3 amide bonds. The lowest BCUT2D eigenvalue weighted by atomic mass is 9.98. The summed E-state index contributed by atoms with van der Waals surface area (Å²) in [5, 5.41) is 0. The number of nitrogens with two attached hydrogens (primary N) is 1. The Labute approximate surface area is 157 Å². The Morgan fingerprint density at radius 3 is 2.48 bits per heavy atom. The van der Waals surface area contributed by atoms with Gasteiger partial charge in [-0.25, -0.2) is 0 Å². The van der Waals surface area contributed by atoms with Gasteiger partial charge in [-0.2, -0.15) is 0 Å². The monoisotopic (exact) mass is 363 g/mol. The Hall–Kier alpha value is -3.15. The third-order valence-corrected chi connectivity index (χ3v) is 5.21. The van der Waals surface area contributed by atoms with Crippen molar-refractivity contribution in [3.05, 3.63) is 64.2 Å². The molecule has 0 aromatic heterocycles. The lowest BCUT2D eigenvalue weighted by Gasteiger charge is -2.29. The van der Waals surface area contributed by atoms with Crippen LogP contribution in [0.25, 0.3) is 0 Å². The van der Waals surface area contributed by atoms with Crippen molar-refractivity contribution in [1.82, 2.24) is 9.80 Å². The Morgan fingerprint density at radius 1 is 1.00 bits per heavy atom. The molecule has 27 heavy (non-hydrogen) atoms. The van der Waals surface area contributed by atoms with E-state index in [2.05, 4.69) is 0 Å². The lowest BCUT2D eigenvalue weighted by Crippen LogP contribution is -2.36. The number of nitrogens with zero attached hydrogens (tertiary/aromatic N) is 2. The van der Waals surface area contributed by atoms with Crippen LogP contribution in [-0.2, 0) is 13.0 Å². The summed E-state index contributed by atoms with van der Waals surface area (Å²) in [6.07, 6.45) is 0.769. The molecule has 0 aliphatic carbocycles. The number of imide groups is 1. The number of fused-ring (bicyclic) bond motifs is 2. The minimum Gasteiger partial charge on any atom is -0.399 e. The molecule has 0 saturated heterocycles. The molecule has 0 unspecified atom stereocenters. The van der Waals surface area contributed by atoms with E-state index in [9.17, 15) is 14.4 Å². The van der Waals surface area contributed by atoms with Gasteiger partial charge in [0, 0.05) is 30.4 Å². The van der Waals surface area contributed by atoms with Gasteiger partial charge < -0.3 is 10.6 Å². The zero-order valence-electron chi connectivity index (χ0n) is 15.4. The van der Waals surface area contributed by atoms with Crippen molar-refractivity contribution < 1.29 is 14.4 Å². The number of carbonyl (C=O) groups excluding carboxylic acids is 3. The number of hydrogen-bond donors (Lipinski definition) is 1. The zero-order valence-corrected chi connectivity index (χ0v) is 15.4. The van der Waals surface area contributed by atoms with Crippen molar-refractivity contribution in [2.75, 3.05) is 12.3 Å². The van der Waals surface area contributed by atoms with Crippen LogP contribution in [0.2, 0.25) is 0 Å². The van der Waals surface area contributed by atoms with Gasteiger partial charge in [-0.1, -0.05) is 6.07 Å². The number of nitrogen functional groups attached to an aromatic ring is 1. The third kappa shape index (κ3) is 2.77. The molecular formula is C21H21N3O3. The minimum atomic E-state index is -0.337. The molecule has 2 aliphatic heterocycles. The zero-order chi connectivity index (χ0) is 19.3. The number of carbonyl (C=O) groups is 3. The molecule has 0 bridgehead atoms. The van der Waals surface area contributed by atoms with Crippen molar-refractivity contribution in [3.63, 3.8) is 0 Å². The number of rotatable bonds is 2. The Balaban J connectivity index is 1.62. The van der Waals surface area contributed by atoms with E-state index in [0.29, 0.717) is 35.5 Å². The molecule has 0 spiro atoms. The van der Waals surface area contributed by atoms with Crippen LogP contribution in [0.4, 0.5) is 5.69 Å². The van der Waals surface area contributed by atoms with Crippen LogP contribution in [0.15, 0.2) is 36.4 Å². The Bertz CT molecular complexity index is 981. The van der Waals surface area contributed by atoms with Gasteiger partial charge in [0.2, 0.25) is 0 Å². The molecule has 6 heteroatoms. The molecule has 0 radical (unpaired) electrons. The first-order chi connectivity index (χ1) is 12.9. The fourth-order valence-corrected chi connectivity index (χ4v) is 3.79. The molecule has 6 nitrogen and oxygen atoms in total. The largest absolute Gasteiger partial charge is 0.399 e. The van der Waals surface area contributed by atoms with Crippen LogP contribution in [0.3, 0.4) is 0 Å². The maximum atomic E-state index is 13.0. The summed E-state index contributed by atoms with van der Waals surface area (Å²) in [7, 11) is 0. The smallest absolute Gasteiger partial charge is 0.261 e. The fraction of sp³-hybridized carbons (Fsp3) is 0.286. The molecule has 2 heterocycles. The van der Waals surface area contributed by atoms with Crippen LogP contribution in [0.5, 0.6) is 0 Å². The van der Waals surface area contributed by atoms with Gasteiger partial charge in [-0.3, -0.25) is 19.3 Å². The second-order valence-electron chi connectivity index (χ2n) is 7.34. The summed E-state index contributed by atoms with van der Waals surface area (Å²) >= 11 is 0. The van der Waals surface area contributed by atoms with E-state index in [0.717, 1.165) is 12.0 Å². The van der Waals surface area contributed by atoms with Crippen LogP contribution >= 0.6 is 0 Å². The van der Waals surface area contributed by atoms with E-state index >= 15 is 0 Å². The van der Waals surface area contributed by atoms with Gasteiger partial charge in [0.25, 0.3) is 17.7 Å². The van der Waals surface area contributed by atoms with E-state index in [-0.39, 0.29) is 23.8 Å². The summed E-state index contributed by atoms with van der Waals surface area (Å²) in [4.78, 5) is 40.9. The van der Waals surface area contributed by atoms with E-state index in [1.807, 2.05) is 18.2 Å². The topological polar surface area (TPSA) is 83.7 Å². The molecule has 4 rings (SSSR count). The van der Waals surface area contributed by atoms with Gasteiger partial charge >= 0.3 is 0 Å². The highest BCUT2D eigenvalue weighted by atomic mass is 16.2. The maximum Gasteiger partial charge on any atom is 0.261 e. The van der Waals surface area contributed by atoms with Crippen molar-refractivity contribution >= 4 is 23.4 Å². The Kier molecular flexibility index (Phi) is 3.98. The van der Waals surface area contributed by atoms with Crippen molar-refractivity contribution in [3.8, 4) is 0 Å². The number of benzene rings is 2. The number of amides is 3. The molecule has 0 saturated carbocycles. The number of anilines is 1. The first-order valence-corrected chi connectivity index (χ1v) is 9.05. The highest BCUT2D eigenvalue weighted by molar-refractivity contribution is 6.22. The average Bonchev–Trinajstić information content (AvgIpc) is 2.90. The van der Waals surface area contributed by atoms with Crippen molar-refractivity contribution in [2.24, 2.45) is 0 Å². The predicted molar refractivity (Wildman–Crippen MR) is 101 cm³/mol. The lowest BCUT2D eigenvalue weighted by molar-refractivity contribution is 0.0608. The molecule has 2 aliphatic rings. The second-order valence-corrected chi connectivity index (χ2v) is 7.34. The highest BCUT2D eigenvalue weighted by Crippen LogP contribution is 2.27. The van der Waals surface area contributed by atoms with E-state index in [1.165, 1.54) is 10.5 Å². The van der Waals surface area contributed by atoms with Gasteiger partial charge in [0.05, 0.1) is 11.1 Å². The Morgan fingerprint density at radius 2 is 1.74 bits per heavy atom. The van der Waals surface area contributed by atoms with Gasteiger partial charge in [-0.05, 0) is 61.7 Å². The van der Waals surface area contributed by atoms with E-state index in [4.69, 9.17) is 5.73 Å². The van der Waals surface area contributed by atoms with Gasteiger partial charge in [0.1, 0.15) is 0 Å². The molecule has 2 aromatic carbocycles.